The predicted molar refractivity (Wildman–Crippen MR) is 144 cm³/mol. The summed E-state index contributed by atoms with van der Waals surface area (Å²) in [7, 11) is 1.85. The maximum Gasteiger partial charge on any atom is 0.255 e. The Morgan fingerprint density at radius 1 is 1.26 bits per heavy atom. The fourth-order valence-corrected chi connectivity index (χ4v) is 5.19. The van der Waals surface area contributed by atoms with Gasteiger partial charge in [0.15, 0.2) is 0 Å². The number of H-pyrrole nitrogens is 1. The van der Waals surface area contributed by atoms with Crippen molar-refractivity contribution in [3.8, 4) is 11.3 Å². The van der Waals surface area contributed by atoms with Gasteiger partial charge < -0.3 is 19.9 Å². The molecule has 0 unspecified atom stereocenters. The van der Waals surface area contributed by atoms with E-state index in [-0.39, 0.29) is 18.1 Å². The van der Waals surface area contributed by atoms with Crippen LogP contribution in [0.5, 0.6) is 0 Å². The van der Waals surface area contributed by atoms with E-state index in [0.717, 1.165) is 53.2 Å². The van der Waals surface area contributed by atoms with Gasteiger partial charge in [-0.3, -0.25) is 9.89 Å². The van der Waals surface area contributed by atoms with Crippen LogP contribution >= 0.6 is 0 Å². The van der Waals surface area contributed by atoms with Gasteiger partial charge >= 0.3 is 0 Å². The second-order valence-corrected chi connectivity index (χ2v) is 9.69. The first kappa shape index (κ1) is 24.0. The number of aromatic nitrogens is 7. The van der Waals surface area contributed by atoms with Crippen LogP contribution in [0.25, 0.3) is 22.2 Å². The van der Waals surface area contributed by atoms with Gasteiger partial charge in [-0.2, -0.15) is 5.10 Å². The number of fused-ring (bicyclic) bond motifs is 2. The number of hydrogen-bond acceptors (Lipinski definition) is 9. The monoisotopic (exact) mass is 514 g/mol. The van der Waals surface area contributed by atoms with Crippen molar-refractivity contribution in [2.75, 3.05) is 41.9 Å². The smallest absolute Gasteiger partial charge is 0.255 e. The molecule has 1 amide bonds. The normalized spacial score (nSPS) is 19.7. The van der Waals surface area contributed by atoms with E-state index in [1.165, 1.54) is 0 Å². The first-order valence-corrected chi connectivity index (χ1v) is 12.8. The SMILES string of the molecule is CC[C@@H]1CN(c2cc(-c3n[nH]c4ccc(NC(=O)C5=C(C)N(C)c6nnnn6[C@@H]5C)cc34)ccn2)CCO1. The number of anilines is 3. The highest BCUT2D eigenvalue weighted by Gasteiger charge is 2.32. The lowest BCUT2D eigenvalue weighted by molar-refractivity contribution is -0.113. The third-order valence-electron chi connectivity index (χ3n) is 7.46. The number of carbonyl (C=O) groups excluding carboxylic acids is 1. The molecule has 3 aromatic heterocycles. The number of nitrogens with one attached hydrogen (secondary N) is 2. The number of benzene rings is 1. The number of ether oxygens (including phenoxy) is 1. The summed E-state index contributed by atoms with van der Waals surface area (Å²) in [6.07, 6.45) is 3.00. The van der Waals surface area contributed by atoms with Crippen molar-refractivity contribution >= 4 is 34.3 Å². The molecule has 2 aliphatic heterocycles. The number of aromatic amines is 1. The number of tetrazole rings is 1. The first-order chi connectivity index (χ1) is 18.4. The fourth-order valence-electron chi connectivity index (χ4n) is 5.19. The van der Waals surface area contributed by atoms with E-state index in [1.807, 2.05) is 56.3 Å². The van der Waals surface area contributed by atoms with Crippen molar-refractivity contribution in [2.24, 2.45) is 0 Å². The number of nitrogens with zero attached hydrogens (tertiary/aromatic N) is 8. The zero-order valence-corrected chi connectivity index (χ0v) is 21.8. The zero-order valence-electron chi connectivity index (χ0n) is 21.8. The largest absolute Gasteiger partial charge is 0.375 e. The first-order valence-electron chi connectivity index (χ1n) is 12.8. The van der Waals surface area contributed by atoms with E-state index in [1.54, 1.807) is 4.68 Å². The van der Waals surface area contributed by atoms with Gasteiger partial charge in [0, 0.05) is 48.7 Å². The van der Waals surface area contributed by atoms with Crippen molar-refractivity contribution in [3.05, 3.63) is 47.8 Å². The molecule has 2 aliphatic rings. The zero-order chi connectivity index (χ0) is 26.4. The van der Waals surface area contributed by atoms with Crippen LogP contribution in [0.1, 0.15) is 33.2 Å². The quantitative estimate of drug-likeness (QED) is 0.412. The van der Waals surface area contributed by atoms with Crippen LogP contribution in [0, 0.1) is 0 Å². The average molecular weight is 515 g/mol. The predicted octanol–water partition coefficient (Wildman–Crippen LogP) is 3.15. The van der Waals surface area contributed by atoms with Gasteiger partial charge in [-0.15, -0.1) is 0 Å². The van der Waals surface area contributed by atoms with E-state index >= 15 is 0 Å². The van der Waals surface area contributed by atoms with Crippen LogP contribution < -0.4 is 15.1 Å². The molecule has 0 radical (unpaired) electrons. The second kappa shape index (κ2) is 9.53. The summed E-state index contributed by atoms with van der Waals surface area (Å²) in [6, 6.07) is 9.47. The molecule has 0 bridgehead atoms. The summed E-state index contributed by atoms with van der Waals surface area (Å²) >= 11 is 0. The Morgan fingerprint density at radius 3 is 2.97 bits per heavy atom. The van der Waals surface area contributed by atoms with Crippen molar-refractivity contribution < 1.29 is 9.53 Å². The number of morpholine rings is 1. The Labute approximate surface area is 219 Å². The number of amides is 1. The minimum atomic E-state index is -0.299. The van der Waals surface area contributed by atoms with E-state index in [9.17, 15) is 4.79 Å². The molecule has 196 valence electrons. The summed E-state index contributed by atoms with van der Waals surface area (Å²) < 4.78 is 7.47. The van der Waals surface area contributed by atoms with Crippen molar-refractivity contribution in [2.45, 2.75) is 39.3 Å². The highest BCUT2D eigenvalue weighted by Crippen LogP contribution is 2.34. The van der Waals surface area contributed by atoms with E-state index in [2.05, 4.69) is 53.9 Å². The molecule has 12 heteroatoms. The molecule has 0 spiro atoms. The molecular formula is C26H30N10O2. The molecule has 1 aromatic carbocycles. The van der Waals surface area contributed by atoms with Crippen molar-refractivity contribution in [1.29, 1.82) is 0 Å². The molecule has 12 nitrogen and oxygen atoms in total. The molecule has 2 N–H and O–H groups in total. The van der Waals surface area contributed by atoms with Gasteiger partial charge in [0.1, 0.15) is 11.5 Å². The molecule has 0 saturated carbocycles. The molecule has 1 saturated heterocycles. The van der Waals surface area contributed by atoms with Crippen molar-refractivity contribution in [3.63, 3.8) is 0 Å². The number of allylic oxidation sites excluding steroid dienone is 1. The summed E-state index contributed by atoms with van der Waals surface area (Å²) in [5.41, 5.74) is 4.73. The summed E-state index contributed by atoms with van der Waals surface area (Å²) in [4.78, 5) is 22.1. The molecule has 2 atom stereocenters. The number of rotatable bonds is 5. The number of pyridine rings is 1. The van der Waals surface area contributed by atoms with Crippen LogP contribution in [-0.2, 0) is 9.53 Å². The molecular weight excluding hydrogens is 484 g/mol. The standard InChI is InChI=1S/C26H30N10O2/c1-5-19-14-35(10-11-38-19)22-12-17(8-9-27-22)24-20-13-18(6-7-21(20)29-30-24)28-25(37)23-15(2)34(4)26-31-32-33-36(26)16(23)3/h6-9,12-13,16,19H,5,10-11,14H2,1-4H3,(H,28,37)(H,29,30)/t16-,19-/m1/s1. The van der Waals surface area contributed by atoms with Gasteiger partial charge in [-0.05, 0) is 61.0 Å². The maximum absolute atomic E-state index is 13.4. The summed E-state index contributed by atoms with van der Waals surface area (Å²) in [5, 5.41) is 23.6. The second-order valence-electron chi connectivity index (χ2n) is 9.69. The lowest BCUT2D eigenvalue weighted by atomic mass is 10.0. The number of carbonyl (C=O) groups is 1. The van der Waals surface area contributed by atoms with Crippen LogP contribution in [0.3, 0.4) is 0 Å². The van der Waals surface area contributed by atoms with Crippen molar-refractivity contribution in [1.82, 2.24) is 35.4 Å². The average Bonchev–Trinajstić information content (AvgIpc) is 3.60. The van der Waals surface area contributed by atoms with Crippen LogP contribution in [0.2, 0.25) is 0 Å². The Bertz CT molecular complexity index is 1540. The van der Waals surface area contributed by atoms with E-state index < -0.39 is 0 Å². The van der Waals surface area contributed by atoms with Gasteiger partial charge in [0.25, 0.3) is 5.91 Å². The van der Waals surface area contributed by atoms with E-state index in [4.69, 9.17) is 4.74 Å². The maximum atomic E-state index is 13.4. The number of hydrogen-bond donors (Lipinski definition) is 2. The molecule has 38 heavy (non-hydrogen) atoms. The van der Waals surface area contributed by atoms with E-state index in [0.29, 0.717) is 23.8 Å². The minimum absolute atomic E-state index is 0.198. The molecule has 5 heterocycles. The Kier molecular flexibility index (Phi) is 6.03. The minimum Gasteiger partial charge on any atom is -0.375 e. The Balaban J connectivity index is 1.28. The molecule has 0 aliphatic carbocycles. The lowest BCUT2D eigenvalue weighted by Crippen LogP contribution is -2.42. The topological polar surface area (TPSA) is 130 Å². The summed E-state index contributed by atoms with van der Waals surface area (Å²) in [6.45, 7) is 8.27. The lowest BCUT2D eigenvalue weighted by Gasteiger charge is -2.33. The highest BCUT2D eigenvalue weighted by molar-refractivity contribution is 6.07. The highest BCUT2D eigenvalue weighted by atomic mass is 16.5. The van der Waals surface area contributed by atoms with Gasteiger partial charge in [0.05, 0.1) is 29.8 Å². The third kappa shape index (κ3) is 4.06. The van der Waals surface area contributed by atoms with Gasteiger partial charge in [-0.1, -0.05) is 12.0 Å². The van der Waals surface area contributed by atoms with Crippen LogP contribution in [0.15, 0.2) is 47.8 Å². The Morgan fingerprint density at radius 2 is 2.13 bits per heavy atom. The van der Waals surface area contributed by atoms with Crippen LogP contribution in [-0.4, -0.2) is 74.1 Å². The van der Waals surface area contributed by atoms with Gasteiger partial charge in [0.2, 0.25) is 5.95 Å². The van der Waals surface area contributed by atoms with Gasteiger partial charge in [-0.25, -0.2) is 9.67 Å². The Hall–Kier alpha value is -4.32. The third-order valence-corrected chi connectivity index (χ3v) is 7.46. The molecule has 1 fully saturated rings. The summed E-state index contributed by atoms with van der Waals surface area (Å²) in [5.74, 6) is 1.32. The molecule has 4 aromatic rings. The fraction of sp³-hybridized carbons (Fsp3) is 0.385. The van der Waals surface area contributed by atoms with Crippen LogP contribution in [0.4, 0.5) is 17.5 Å². The molecule has 6 rings (SSSR count).